The zero-order valence-corrected chi connectivity index (χ0v) is 11.6. The molecule has 94 valence electrons. The highest BCUT2D eigenvalue weighted by molar-refractivity contribution is 5.15. The van der Waals surface area contributed by atoms with Gasteiger partial charge in [-0.15, -0.1) is 0 Å². The van der Waals surface area contributed by atoms with E-state index < -0.39 is 0 Å². The molecule has 0 aromatic carbocycles. The van der Waals surface area contributed by atoms with E-state index in [4.69, 9.17) is 0 Å². The lowest BCUT2D eigenvalue weighted by Crippen LogP contribution is -2.60. The molecule has 16 heavy (non-hydrogen) atoms. The first-order chi connectivity index (χ1) is 7.44. The molecule has 0 aromatic heterocycles. The van der Waals surface area contributed by atoms with E-state index in [1.807, 2.05) is 0 Å². The van der Waals surface area contributed by atoms with E-state index in [0.717, 1.165) is 5.92 Å². The Labute approximate surface area is 101 Å². The Balaban J connectivity index is 2.98. The molecular formula is C14H28N2. The Morgan fingerprint density at radius 3 is 2.50 bits per heavy atom. The largest absolute Gasteiger partial charge is 0.312 e. The fourth-order valence-corrected chi connectivity index (χ4v) is 3.46. The molecule has 3 unspecified atom stereocenters. The maximum Gasteiger partial charge on any atom is 0.0458 e. The minimum atomic E-state index is 0.262. The standard InChI is InChI=1S/C14H28N2/c1-11(2)13(15-4)14(16(5)6)9-7-8-12(3)10-14/h12-13,15H,1,7-10H2,2-6H3. The smallest absolute Gasteiger partial charge is 0.0458 e. The molecule has 0 amide bonds. The number of rotatable bonds is 4. The molecule has 1 saturated carbocycles. The van der Waals surface area contributed by atoms with Crippen molar-refractivity contribution in [2.24, 2.45) is 5.92 Å². The first kappa shape index (κ1) is 13.7. The molecule has 0 saturated heterocycles. The third kappa shape index (κ3) is 2.49. The SMILES string of the molecule is C=C(C)C(NC)C1(N(C)C)CCCC(C)C1. The molecule has 1 N–H and O–H groups in total. The van der Waals surface area contributed by atoms with Crippen molar-refractivity contribution < 1.29 is 0 Å². The van der Waals surface area contributed by atoms with Crippen molar-refractivity contribution in [2.75, 3.05) is 21.1 Å². The van der Waals surface area contributed by atoms with Crippen LogP contribution in [0, 0.1) is 5.92 Å². The Hall–Kier alpha value is -0.340. The van der Waals surface area contributed by atoms with Gasteiger partial charge in [-0.2, -0.15) is 0 Å². The van der Waals surface area contributed by atoms with Crippen molar-refractivity contribution in [3.05, 3.63) is 12.2 Å². The van der Waals surface area contributed by atoms with E-state index in [-0.39, 0.29) is 5.54 Å². The summed E-state index contributed by atoms with van der Waals surface area (Å²) in [6.07, 6.45) is 5.27. The molecule has 1 aliphatic carbocycles. The molecular weight excluding hydrogens is 196 g/mol. The maximum atomic E-state index is 4.16. The molecule has 3 atom stereocenters. The zero-order valence-electron chi connectivity index (χ0n) is 11.6. The third-order valence-electron chi connectivity index (χ3n) is 4.22. The van der Waals surface area contributed by atoms with E-state index >= 15 is 0 Å². The van der Waals surface area contributed by atoms with Gasteiger partial charge in [0.25, 0.3) is 0 Å². The molecule has 0 bridgehead atoms. The second kappa shape index (κ2) is 5.33. The Morgan fingerprint density at radius 2 is 2.12 bits per heavy atom. The molecule has 1 rings (SSSR count). The fraction of sp³-hybridized carbons (Fsp3) is 0.857. The van der Waals surface area contributed by atoms with Gasteiger partial charge in [0.15, 0.2) is 0 Å². The van der Waals surface area contributed by atoms with Crippen molar-refractivity contribution in [3.8, 4) is 0 Å². The average molecular weight is 224 g/mol. The highest BCUT2D eigenvalue weighted by Gasteiger charge is 2.43. The van der Waals surface area contributed by atoms with Gasteiger partial charge in [-0.3, -0.25) is 0 Å². The number of hydrogen-bond donors (Lipinski definition) is 1. The van der Waals surface area contributed by atoms with Gasteiger partial charge in [0, 0.05) is 11.6 Å². The third-order valence-corrected chi connectivity index (χ3v) is 4.22. The molecule has 0 heterocycles. The first-order valence-corrected chi connectivity index (χ1v) is 6.44. The Bertz CT molecular complexity index is 247. The Morgan fingerprint density at radius 1 is 1.50 bits per heavy atom. The molecule has 0 spiro atoms. The van der Waals surface area contributed by atoms with Crippen LogP contribution in [0.5, 0.6) is 0 Å². The summed E-state index contributed by atoms with van der Waals surface area (Å²) >= 11 is 0. The van der Waals surface area contributed by atoms with Crippen LogP contribution in [-0.2, 0) is 0 Å². The van der Waals surface area contributed by atoms with Gasteiger partial charge in [-0.1, -0.05) is 31.9 Å². The molecule has 0 aromatic rings. The van der Waals surface area contributed by atoms with Crippen molar-refractivity contribution >= 4 is 0 Å². The summed E-state index contributed by atoms with van der Waals surface area (Å²) < 4.78 is 0. The van der Waals surface area contributed by atoms with Gasteiger partial charge >= 0.3 is 0 Å². The van der Waals surface area contributed by atoms with E-state index in [9.17, 15) is 0 Å². The van der Waals surface area contributed by atoms with Crippen LogP contribution in [0.15, 0.2) is 12.2 Å². The van der Waals surface area contributed by atoms with Crippen LogP contribution in [0.4, 0.5) is 0 Å². The molecule has 1 aliphatic rings. The lowest BCUT2D eigenvalue weighted by atomic mass is 9.70. The van der Waals surface area contributed by atoms with Crippen LogP contribution in [-0.4, -0.2) is 37.6 Å². The van der Waals surface area contributed by atoms with Crippen LogP contribution < -0.4 is 5.32 Å². The second-order valence-electron chi connectivity index (χ2n) is 5.77. The van der Waals surface area contributed by atoms with Crippen molar-refractivity contribution in [1.29, 1.82) is 0 Å². The lowest BCUT2D eigenvalue weighted by molar-refractivity contribution is 0.0515. The number of nitrogens with zero attached hydrogens (tertiary/aromatic N) is 1. The zero-order chi connectivity index (χ0) is 12.3. The van der Waals surface area contributed by atoms with Crippen molar-refractivity contribution in [3.63, 3.8) is 0 Å². The molecule has 2 nitrogen and oxygen atoms in total. The quantitative estimate of drug-likeness (QED) is 0.739. The van der Waals surface area contributed by atoms with E-state index in [2.05, 4.69) is 51.8 Å². The van der Waals surface area contributed by atoms with Gasteiger partial charge < -0.3 is 10.2 Å². The van der Waals surface area contributed by atoms with Crippen LogP contribution in [0.25, 0.3) is 0 Å². The van der Waals surface area contributed by atoms with Crippen molar-refractivity contribution in [2.45, 2.75) is 51.1 Å². The summed E-state index contributed by atoms with van der Waals surface area (Å²) in [5.41, 5.74) is 1.52. The van der Waals surface area contributed by atoms with E-state index in [0.29, 0.717) is 6.04 Å². The normalized spacial score (nSPS) is 32.8. The summed E-state index contributed by atoms with van der Waals surface area (Å²) in [6.45, 7) is 8.69. The second-order valence-corrected chi connectivity index (χ2v) is 5.77. The minimum Gasteiger partial charge on any atom is -0.312 e. The van der Waals surface area contributed by atoms with Crippen LogP contribution >= 0.6 is 0 Å². The summed E-state index contributed by atoms with van der Waals surface area (Å²) in [6, 6.07) is 0.408. The predicted molar refractivity (Wildman–Crippen MR) is 71.7 cm³/mol. The average Bonchev–Trinajstić information content (AvgIpc) is 2.17. The number of likely N-dealkylation sites (N-methyl/N-ethyl adjacent to an activating group) is 2. The van der Waals surface area contributed by atoms with Gasteiger partial charge in [0.05, 0.1) is 0 Å². The highest BCUT2D eigenvalue weighted by Crippen LogP contribution is 2.39. The molecule has 2 heteroatoms. The maximum absolute atomic E-state index is 4.16. The molecule has 1 fully saturated rings. The van der Waals surface area contributed by atoms with Crippen molar-refractivity contribution in [1.82, 2.24) is 10.2 Å². The van der Waals surface area contributed by atoms with E-state index in [1.54, 1.807) is 0 Å². The summed E-state index contributed by atoms with van der Waals surface area (Å²) in [4.78, 5) is 2.42. The summed E-state index contributed by atoms with van der Waals surface area (Å²) in [7, 11) is 6.49. The van der Waals surface area contributed by atoms with Crippen LogP contribution in [0.2, 0.25) is 0 Å². The van der Waals surface area contributed by atoms with Gasteiger partial charge in [-0.05, 0) is 46.8 Å². The monoisotopic (exact) mass is 224 g/mol. The topological polar surface area (TPSA) is 15.3 Å². The summed E-state index contributed by atoms with van der Waals surface area (Å²) in [5.74, 6) is 0.825. The van der Waals surface area contributed by atoms with Crippen LogP contribution in [0.1, 0.15) is 39.5 Å². The minimum absolute atomic E-state index is 0.262. The first-order valence-electron chi connectivity index (χ1n) is 6.44. The van der Waals surface area contributed by atoms with Gasteiger partial charge in [0.2, 0.25) is 0 Å². The molecule has 0 radical (unpaired) electrons. The Kier molecular flexibility index (Phi) is 4.57. The predicted octanol–water partition coefficient (Wildman–Crippen LogP) is 2.66. The summed E-state index contributed by atoms with van der Waals surface area (Å²) in [5, 5.41) is 3.47. The number of hydrogen-bond acceptors (Lipinski definition) is 2. The highest BCUT2D eigenvalue weighted by atomic mass is 15.2. The molecule has 0 aliphatic heterocycles. The fourth-order valence-electron chi connectivity index (χ4n) is 3.46. The van der Waals surface area contributed by atoms with Crippen LogP contribution in [0.3, 0.4) is 0 Å². The number of nitrogens with one attached hydrogen (secondary N) is 1. The van der Waals surface area contributed by atoms with Gasteiger partial charge in [0.1, 0.15) is 0 Å². The van der Waals surface area contributed by atoms with E-state index in [1.165, 1.54) is 31.3 Å². The lowest BCUT2D eigenvalue weighted by Gasteiger charge is -2.50. The van der Waals surface area contributed by atoms with Gasteiger partial charge in [-0.25, -0.2) is 0 Å².